The zero-order valence-corrected chi connectivity index (χ0v) is 12.8. The Bertz CT molecular complexity index is 716. The topological polar surface area (TPSA) is 59.3 Å². The number of fused-ring (bicyclic) bond motifs is 1. The van der Waals surface area contributed by atoms with Crippen LogP contribution in [0.5, 0.6) is 0 Å². The van der Waals surface area contributed by atoms with Crippen LogP contribution in [0.15, 0.2) is 45.8 Å². The van der Waals surface area contributed by atoms with Crippen LogP contribution in [0, 0.1) is 0 Å². The van der Waals surface area contributed by atoms with E-state index in [0.29, 0.717) is 23.1 Å². The minimum absolute atomic E-state index is 0.131. The fraction of sp³-hybridized carbons (Fsp3) is 0.333. The van der Waals surface area contributed by atoms with Crippen LogP contribution in [0.4, 0.5) is 0 Å². The Morgan fingerprint density at radius 2 is 2.05 bits per heavy atom. The second-order valence-electron chi connectivity index (χ2n) is 5.20. The van der Waals surface area contributed by atoms with Crippen molar-refractivity contribution in [2.75, 3.05) is 6.54 Å². The van der Waals surface area contributed by atoms with Gasteiger partial charge in [0.1, 0.15) is 11.8 Å². The molecule has 0 aliphatic heterocycles. The number of carbonyl (C=O) groups is 1. The maximum atomic E-state index is 12.2. The first-order valence-corrected chi connectivity index (χ1v) is 7.69. The van der Waals surface area contributed by atoms with Gasteiger partial charge in [0.2, 0.25) is 5.91 Å². The van der Waals surface area contributed by atoms with Crippen molar-refractivity contribution >= 4 is 23.0 Å². The second-order valence-corrected chi connectivity index (χ2v) is 5.20. The highest BCUT2D eigenvalue weighted by Crippen LogP contribution is 2.11. The summed E-state index contributed by atoms with van der Waals surface area (Å²) in [5.41, 5.74) is 0.790. The molecule has 0 atom stereocenters. The molecular formula is C18H21NO3. The molecule has 0 aliphatic rings. The summed E-state index contributed by atoms with van der Waals surface area (Å²) in [7, 11) is 0. The summed E-state index contributed by atoms with van der Waals surface area (Å²) in [5, 5.41) is 3.33. The van der Waals surface area contributed by atoms with Crippen LogP contribution in [0.3, 0.4) is 0 Å². The molecule has 0 spiro atoms. The summed E-state index contributed by atoms with van der Waals surface area (Å²) >= 11 is 0. The number of rotatable bonds is 7. The normalized spacial score (nSPS) is 11.1. The highest BCUT2D eigenvalue weighted by molar-refractivity contribution is 5.92. The van der Waals surface area contributed by atoms with Crippen molar-refractivity contribution in [2.45, 2.75) is 32.6 Å². The van der Waals surface area contributed by atoms with Crippen LogP contribution in [-0.2, 0) is 4.79 Å². The number of nitrogens with one attached hydrogen (secondary N) is 1. The molecule has 1 aromatic carbocycles. The average Bonchev–Trinajstić information content (AvgIpc) is 2.54. The first kappa shape index (κ1) is 16.0. The van der Waals surface area contributed by atoms with Gasteiger partial charge in [-0.25, -0.2) is 0 Å². The Morgan fingerprint density at radius 3 is 2.86 bits per heavy atom. The molecule has 0 saturated carbocycles. The van der Waals surface area contributed by atoms with Crippen molar-refractivity contribution in [1.29, 1.82) is 0 Å². The molecule has 2 rings (SSSR count). The molecule has 0 aliphatic carbocycles. The molecule has 0 unspecified atom stereocenters. The summed E-state index contributed by atoms with van der Waals surface area (Å²) < 4.78 is 5.40. The predicted molar refractivity (Wildman–Crippen MR) is 88.7 cm³/mol. The number of unbranched alkanes of at least 4 members (excludes halogenated alkanes) is 3. The summed E-state index contributed by atoms with van der Waals surface area (Å²) in [4.78, 5) is 23.9. The van der Waals surface area contributed by atoms with Gasteiger partial charge < -0.3 is 9.73 Å². The van der Waals surface area contributed by atoms with Gasteiger partial charge in [-0.1, -0.05) is 38.3 Å². The highest BCUT2D eigenvalue weighted by Gasteiger charge is 2.04. The predicted octanol–water partition coefficient (Wildman–Crippen LogP) is 3.50. The third-order valence-corrected chi connectivity index (χ3v) is 3.45. The summed E-state index contributed by atoms with van der Waals surface area (Å²) in [6.07, 6.45) is 8.71. The van der Waals surface area contributed by atoms with E-state index in [1.807, 2.05) is 6.07 Å². The number of benzene rings is 1. The number of para-hydroxylation sites is 1. The summed E-state index contributed by atoms with van der Waals surface area (Å²) in [6.45, 7) is 2.81. The molecule has 0 bridgehead atoms. The molecule has 22 heavy (non-hydrogen) atoms. The molecule has 4 heteroatoms. The Balaban J connectivity index is 1.97. The van der Waals surface area contributed by atoms with E-state index in [2.05, 4.69) is 12.2 Å². The zero-order chi connectivity index (χ0) is 15.8. The second kappa shape index (κ2) is 8.17. The SMILES string of the molecule is CCCCCCNC(=O)/C=C/c1coc2ccccc2c1=O. The van der Waals surface area contributed by atoms with E-state index in [-0.39, 0.29) is 11.3 Å². The molecule has 116 valence electrons. The van der Waals surface area contributed by atoms with Crippen LogP contribution in [0.1, 0.15) is 38.2 Å². The lowest BCUT2D eigenvalue weighted by Crippen LogP contribution is -2.22. The molecule has 1 amide bonds. The summed E-state index contributed by atoms with van der Waals surface area (Å²) in [6, 6.07) is 7.06. The van der Waals surface area contributed by atoms with E-state index in [1.54, 1.807) is 18.2 Å². The van der Waals surface area contributed by atoms with Gasteiger partial charge in [-0.15, -0.1) is 0 Å². The molecule has 0 radical (unpaired) electrons. The molecule has 1 aromatic heterocycles. The first-order valence-electron chi connectivity index (χ1n) is 7.69. The van der Waals surface area contributed by atoms with Crippen molar-refractivity contribution in [2.24, 2.45) is 0 Å². The maximum Gasteiger partial charge on any atom is 0.244 e. The fourth-order valence-corrected chi connectivity index (χ4v) is 2.20. The van der Waals surface area contributed by atoms with Crippen molar-refractivity contribution in [3.63, 3.8) is 0 Å². The number of amides is 1. The first-order chi connectivity index (χ1) is 10.7. The lowest BCUT2D eigenvalue weighted by molar-refractivity contribution is -0.116. The van der Waals surface area contributed by atoms with Gasteiger partial charge in [-0.05, 0) is 24.6 Å². The Hall–Kier alpha value is -2.36. The molecular weight excluding hydrogens is 278 g/mol. The van der Waals surface area contributed by atoms with Crippen molar-refractivity contribution in [1.82, 2.24) is 5.32 Å². The molecule has 1 N–H and O–H groups in total. The highest BCUT2D eigenvalue weighted by atomic mass is 16.3. The minimum atomic E-state index is -0.191. The Kier molecular flexibility index (Phi) is 5.95. The van der Waals surface area contributed by atoms with Gasteiger partial charge in [-0.3, -0.25) is 9.59 Å². The van der Waals surface area contributed by atoms with Gasteiger partial charge in [0.15, 0.2) is 5.43 Å². The van der Waals surface area contributed by atoms with Gasteiger partial charge in [0.05, 0.1) is 10.9 Å². The lowest BCUT2D eigenvalue weighted by atomic mass is 10.1. The van der Waals surface area contributed by atoms with Crippen LogP contribution in [0.25, 0.3) is 17.0 Å². The standard InChI is InChI=1S/C18H21NO3/c1-2-3-4-7-12-19-17(20)11-10-14-13-22-16-9-6-5-8-15(16)18(14)21/h5-6,8-11,13H,2-4,7,12H2,1H3,(H,19,20)/b11-10+. The monoisotopic (exact) mass is 299 g/mol. The van der Waals surface area contributed by atoms with E-state index in [1.165, 1.54) is 31.3 Å². The molecule has 0 fully saturated rings. The maximum absolute atomic E-state index is 12.2. The third kappa shape index (κ3) is 4.32. The Labute approximate surface area is 129 Å². The molecule has 2 aromatic rings. The van der Waals surface area contributed by atoms with E-state index in [9.17, 15) is 9.59 Å². The Morgan fingerprint density at radius 1 is 1.23 bits per heavy atom. The van der Waals surface area contributed by atoms with Crippen LogP contribution >= 0.6 is 0 Å². The van der Waals surface area contributed by atoms with Crippen LogP contribution in [0.2, 0.25) is 0 Å². The van der Waals surface area contributed by atoms with Gasteiger partial charge >= 0.3 is 0 Å². The number of hydrogen-bond donors (Lipinski definition) is 1. The lowest BCUT2D eigenvalue weighted by Gasteiger charge is -2.01. The van der Waals surface area contributed by atoms with E-state index < -0.39 is 0 Å². The quantitative estimate of drug-likeness (QED) is 0.629. The van der Waals surface area contributed by atoms with Crippen LogP contribution < -0.4 is 10.7 Å². The smallest absolute Gasteiger partial charge is 0.244 e. The van der Waals surface area contributed by atoms with E-state index in [4.69, 9.17) is 4.42 Å². The van der Waals surface area contributed by atoms with Crippen molar-refractivity contribution in [3.05, 3.63) is 52.4 Å². The minimum Gasteiger partial charge on any atom is -0.463 e. The van der Waals surface area contributed by atoms with Gasteiger partial charge in [-0.2, -0.15) is 0 Å². The van der Waals surface area contributed by atoms with Crippen molar-refractivity contribution in [3.8, 4) is 0 Å². The molecule has 4 nitrogen and oxygen atoms in total. The average molecular weight is 299 g/mol. The molecule has 1 heterocycles. The largest absolute Gasteiger partial charge is 0.463 e. The number of hydrogen-bond acceptors (Lipinski definition) is 3. The fourth-order valence-electron chi connectivity index (χ4n) is 2.20. The van der Waals surface area contributed by atoms with Crippen LogP contribution in [-0.4, -0.2) is 12.5 Å². The summed E-state index contributed by atoms with van der Waals surface area (Å²) in [5.74, 6) is -0.191. The van der Waals surface area contributed by atoms with Gasteiger partial charge in [0.25, 0.3) is 0 Å². The third-order valence-electron chi connectivity index (χ3n) is 3.45. The number of carbonyl (C=O) groups excluding carboxylic acids is 1. The van der Waals surface area contributed by atoms with Gasteiger partial charge in [0, 0.05) is 12.6 Å². The molecule has 0 saturated heterocycles. The van der Waals surface area contributed by atoms with E-state index in [0.717, 1.165) is 12.8 Å². The van der Waals surface area contributed by atoms with E-state index >= 15 is 0 Å². The van der Waals surface area contributed by atoms with Crippen molar-refractivity contribution < 1.29 is 9.21 Å². The zero-order valence-electron chi connectivity index (χ0n) is 12.8.